The van der Waals surface area contributed by atoms with Crippen molar-refractivity contribution in [3.05, 3.63) is 35.4 Å². The fraction of sp³-hybridized carbons (Fsp3) is 0.600. The molecule has 0 aromatic heterocycles. The summed E-state index contributed by atoms with van der Waals surface area (Å²) < 4.78 is 38.6. The number of benzene rings is 1. The van der Waals surface area contributed by atoms with Crippen LogP contribution >= 0.6 is 24.0 Å². The van der Waals surface area contributed by atoms with Crippen molar-refractivity contribution in [3.63, 3.8) is 0 Å². The Kier molecular flexibility index (Phi) is 12.9. The highest BCUT2D eigenvalue weighted by Gasteiger charge is 2.30. The molecule has 1 aromatic rings. The zero-order valence-electron chi connectivity index (χ0n) is 17.4. The van der Waals surface area contributed by atoms with Crippen LogP contribution in [0.3, 0.4) is 0 Å². The van der Waals surface area contributed by atoms with Crippen LogP contribution in [-0.4, -0.2) is 38.0 Å². The van der Waals surface area contributed by atoms with E-state index in [1.165, 1.54) is 12.1 Å². The Morgan fingerprint density at radius 3 is 2.34 bits per heavy atom. The summed E-state index contributed by atoms with van der Waals surface area (Å²) in [4.78, 5) is 16.0. The smallest absolute Gasteiger partial charge is 0.357 e. The van der Waals surface area contributed by atoms with Crippen LogP contribution < -0.4 is 16.0 Å². The number of alkyl halides is 3. The van der Waals surface area contributed by atoms with Crippen LogP contribution in [0.15, 0.2) is 29.3 Å². The zero-order chi connectivity index (χ0) is 21.2. The minimum absolute atomic E-state index is 0. The Labute approximate surface area is 188 Å². The molecule has 9 heteroatoms. The maximum atomic E-state index is 12.9. The Bertz CT molecular complexity index is 651. The van der Waals surface area contributed by atoms with E-state index < -0.39 is 11.7 Å². The molecule has 29 heavy (non-hydrogen) atoms. The lowest BCUT2D eigenvalue weighted by molar-refractivity contribution is -0.137. The van der Waals surface area contributed by atoms with Crippen molar-refractivity contribution < 1.29 is 18.0 Å². The second kappa shape index (κ2) is 13.7. The normalized spacial score (nSPS) is 12.9. The molecule has 0 bridgehead atoms. The van der Waals surface area contributed by atoms with Gasteiger partial charge in [0.1, 0.15) is 0 Å². The summed E-state index contributed by atoms with van der Waals surface area (Å²) in [7, 11) is 0. The van der Waals surface area contributed by atoms with Crippen molar-refractivity contribution in [1.29, 1.82) is 0 Å². The Morgan fingerprint density at radius 1 is 1.10 bits per heavy atom. The number of halogens is 4. The number of hydrogen-bond acceptors (Lipinski definition) is 2. The van der Waals surface area contributed by atoms with Gasteiger partial charge in [0.2, 0.25) is 5.91 Å². The highest BCUT2D eigenvalue weighted by atomic mass is 127. The number of rotatable bonds is 9. The average molecular weight is 528 g/mol. The van der Waals surface area contributed by atoms with Crippen molar-refractivity contribution in [2.24, 2.45) is 10.9 Å². The Morgan fingerprint density at radius 2 is 1.76 bits per heavy atom. The Hall–Kier alpha value is -1.52. The standard InChI is InChI=1S/C20H31F3N4O.HI/c1-5-24-19(27-12-11-25-18(28)14(2)3)26-10-9-15(4)16-7-6-8-17(13-16)20(21,22)23;/h6-8,13-15H,5,9-12H2,1-4H3,(H,25,28)(H2,24,26,27);1H. The molecule has 0 aliphatic heterocycles. The molecule has 1 rings (SSSR count). The fourth-order valence-corrected chi connectivity index (χ4v) is 2.47. The van der Waals surface area contributed by atoms with E-state index in [0.717, 1.165) is 6.07 Å². The average Bonchev–Trinajstić information content (AvgIpc) is 2.64. The van der Waals surface area contributed by atoms with Gasteiger partial charge in [-0.2, -0.15) is 13.2 Å². The molecule has 1 aromatic carbocycles. The van der Waals surface area contributed by atoms with E-state index in [2.05, 4.69) is 20.9 Å². The molecule has 0 heterocycles. The molecule has 0 fully saturated rings. The SMILES string of the molecule is CCNC(=NCCC(C)c1cccc(C(F)(F)F)c1)NCCNC(=O)C(C)C.I. The largest absolute Gasteiger partial charge is 0.416 e. The van der Waals surface area contributed by atoms with Crippen molar-refractivity contribution >= 4 is 35.8 Å². The first-order valence-corrected chi connectivity index (χ1v) is 9.62. The molecule has 0 spiro atoms. The molecule has 166 valence electrons. The van der Waals surface area contributed by atoms with E-state index in [1.54, 1.807) is 6.07 Å². The van der Waals surface area contributed by atoms with Gasteiger partial charge in [-0.15, -0.1) is 24.0 Å². The molecule has 0 saturated carbocycles. The van der Waals surface area contributed by atoms with Crippen molar-refractivity contribution in [1.82, 2.24) is 16.0 Å². The number of guanidine groups is 1. The monoisotopic (exact) mass is 528 g/mol. The number of carbonyl (C=O) groups excluding carboxylic acids is 1. The predicted molar refractivity (Wildman–Crippen MR) is 122 cm³/mol. The van der Waals surface area contributed by atoms with Crippen molar-refractivity contribution in [2.45, 2.75) is 46.2 Å². The van der Waals surface area contributed by atoms with Gasteiger partial charge in [-0.05, 0) is 30.9 Å². The Balaban J connectivity index is 0.00000784. The lowest BCUT2D eigenvalue weighted by atomic mass is 9.96. The summed E-state index contributed by atoms with van der Waals surface area (Å²) in [5, 5.41) is 9.06. The number of carbonyl (C=O) groups is 1. The molecule has 0 radical (unpaired) electrons. The quantitative estimate of drug-likeness (QED) is 0.195. The first-order chi connectivity index (χ1) is 13.1. The van der Waals surface area contributed by atoms with Crippen LogP contribution in [0, 0.1) is 5.92 Å². The summed E-state index contributed by atoms with van der Waals surface area (Å²) in [6, 6.07) is 5.44. The van der Waals surface area contributed by atoms with E-state index in [4.69, 9.17) is 0 Å². The van der Waals surface area contributed by atoms with Crippen LogP contribution in [0.4, 0.5) is 13.2 Å². The first kappa shape index (κ1) is 27.5. The molecular weight excluding hydrogens is 496 g/mol. The molecule has 0 saturated heterocycles. The van der Waals surface area contributed by atoms with Gasteiger partial charge in [0.05, 0.1) is 5.56 Å². The lowest BCUT2D eigenvalue weighted by Gasteiger charge is -2.15. The predicted octanol–water partition coefficient (Wildman–Crippen LogP) is 4.14. The maximum absolute atomic E-state index is 12.9. The van der Waals surface area contributed by atoms with Gasteiger partial charge >= 0.3 is 6.18 Å². The van der Waals surface area contributed by atoms with Crippen LogP contribution in [0.2, 0.25) is 0 Å². The molecule has 0 aliphatic rings. The van der Waals surface area contributed by atoms with E-state index in [9.17, 15) is 18.0 Å². The van der Waals surface area contributed by atoms with Gasteiger partial charge in [-0.25, -0.2) is 0 Å². The molecule has 5 nitrogen and oxygen atoms in total. The minimum Gasteiger partial charge on any atom is -0.357 e. The van der Waals surface area contributed by atoms with Gasteiger partial charge in [-0.3, -0.25) is 9.79 Å². The number of nitrogens with zero attached hydrogens (tertiary/aromatic N) is 1. The summed E-state index contributed by atoms with van der Waals surface area (Å²) >= 11 is 0. The van der Waals surface area contributed by atoms with Gasteiger partial charge in [-0.1, -0.05) is 39.0 Å². The van der Waals surface area contributed by atoms with E-state index >= 15 is 0 Å². The van der Waals surface area contributed by atoms with Crippen LogP contribution in [0.5, 0.6) is 0 Å². The minimum atomic E-state index is -4.33. The molecule has 1 unspecified atom stereocenters. The van der Waals surface area contributed by atoms with Gasteiger partial charge in [0.15, 0.2) is 5.96 Å². The van der Waals surface area contributed by atoms with Crippen LogP contribution in [-0.2, 0) is 11.0 Å². The fourth-order valence-electron chi connectivity index (χ4n) is 2.47. The first-order valence-electron chi connectivity index (χ1n) is 9.62. The molecule has 3 N–H and O–H groups in total. The topological polar surface area (TPSA) is 65.5 Å². The summed E-state index contributed by atoms with van der Waals surface area (Å²) in [5.41, 5.74) is 0.0261. The van der Waals surface area contributed by atoms with Crippen molar-refractivity contribution in [3.8, 4) is 0 Å². The molecular formula is C20H32F3IN4O. The summed E-state index contributed by atoms with van der Waals surface area (Å²) in [6.45, 7) is 9.70. The van der Waals surface area contributed by atoms with Crippen molar-refractivity contribution in [2.75, 3.05) is 26.2 Å². The molecule has 0 aliphatic carbocycles. The number of hydrogen-bond donors (Lipinski definition) is 3. The third-order valence-corrected chi connectivity index (χ3v) is 4.20. The highest BCUT2D eigenvalue weighted by Crippen LogP contribution is 2.31. The summed E-state index contributed by atoms with van der Waals surface area (Å²) in [6.07, 6.45) is -3.71. The number of nitrogens with one attached hydrogen (secondary N) is 3. The van der Waals surface area contributed by atoms with Crippen LogP contribution in [0.25, 0.3) is 0 Å². The van der Waals surface area contributed by atoms with E-state index in [0.29, 0.717) is 44.1 Å². The second-order valence-corrected chi connectivity index (χ2v) is 6.95. The molecule has 1 atom stereocenters. The summed E-state index contributed by atoms with van der Waals surface area (Å²) in [5.74, 6) is 0.523. The van der Waals surface area contributed by atoms with Crippen LogP contribution in [0.1, 0.15) is 51.2 Å². The third kappa shape index (κ3) is 10.7. The lowest BCUT2D eigenvalue weighted by Crippen LogP contribution is -2.42. The van der Waals surface area contributed by atoms with E-state index in [1.807, 2.05) is 27.7 Å². The van der Waals surface area contributed by atoms with Gasteiger partial charge in [0.25, 0.3) is 0 Å². The number of amides is 1. The van der Waals surface area contributed by atoms with Gasteiger partial charge in [0, 0.05) is 32.1 Å². The second-order valence-electron chi connectivity index (χ2n) is 6.95. The third-order valence-electron chi connectivity index (χ3n) is 4.20. The number of aliphatic imine (C=N–C) groups is 1. The maximum Gasteiger partial charge on any atom is 0.416 e. The van der Waals surface area contributed by atoms with E-state index in [-0.39, 0.29) is 41.7 Å². The van der Waals surface area contributed by atoms with Gasteiger partial charge < -0.3 is 16.0 Å². The molecule has 1 amide bonds. The highest BCUT2D eigenvalue weighted by molar-refractivity contribution is 14.0. The zero-order valence-corrected chi connectivity index (χ0v) is 19.7.